The Morgan fingerprint density at radius 2 is 0.958 bits per heavy atom. The summed E-state index contributed by atoms with van der Waals surface area (Å²) in [6, 6.07) is 0. The topological polar surface area (TPSA) is 63.3 Å². The van der Waals surface area contributed by atoms with Gasteiger partial charge < -0.3 is 10.8 Å². The predicted molar refractivity (Wildman–Crippen MR) is 104 cm³/mol. The van der Waals surface area contributed by atoms with Crippen molar-refractivity contribution in [3.8, 4) is 0 Å². The highest BCUT2D eigenvalue weighted by molar-refractivity contribution is 5.76. The number of amides is 1. The average Bonchev–Trinajstić information content (AvgIpc) is 2.57. The van der Waals surface area contributed by atoms with E-state index in [0.29, 0.717) is 6.61 Å². The van der Waals surface area contributed by atoms with Gasteiger partial charge in [0, 0.05) is 12.5 Å². The summed E-state index contributed by atoms with van der Waals surface area (Å²) in [6.07, 6.45) is 21.9. The largest absolute Gasteiger partial charge is 0.396 e. The van der Waals surface area contributed by atoms with Gasteiger partial charge in [0.2, 0.25) is 5.91 Å². The SMILES string of the molecule is CC(CCCCCCCCCCCCCCCCCCO)C(N)=O. The van der Waals surface area contributed by atoms with E-state index in [4.69, 9.17) is 10.8 Å². The van der Waals surface area contributed by atoms with Crippen molar-refractivity contribution < 1.29 is 9.90 Å². The fourth-order valence-corrected chi connectivity index (χ4v) is 3.18. The number of rotatable bonds is 19. The van der Waals surface area contributed by atoms with Gasteiger partial charge in [0.25, 0.3) is 0 Å². The van der Waals surface area contributed by atoms with Gasteiger partial charge in [-0.2, -0.15) is 0 Å². The van der Waals surface area contributed by atoms with E-state index in [2.05, 4.69) is 0 Å². The number of hydrogen-bond acceptors (Lipinski definition) is 2. The smallest absolute Gasteiger partial charge is 0.220 e. The second-order valence-electron chi connectivity index (χ2n) is 7.47. The van der Waals surface area contributed by atoms with Gasteiger partial charge in [-0.1, -0.05) is 103 Å². The highest BCUT2D eigenvalue weighted by Gasteiger charge is 2.06. The molecule has 1 atom stereocenters. The first-order chi connectivity index (χ1) is 11.7. The maximum absolute atomic E-state index is 10.9. The Hall–Kier alpha value is -0.570. The molecule has 3 N–H and O–H groups in total. The van der Waals surface area contributed by atoms with E-state index in [1.807, 2.05) is 6.92 Å². The molecular weight excluding hydrogens is 298 g/mol. The summed E-state index contributed by atoms with van der Waals surface area (Å²) in [5.74, 6) is -0.109. The summed E-state index contributed by atoms with van der Waals surface area (Å²) < 4.78 is 0. The van der Waals surface area contributed by atoms with Crippen LogP contribution in [0.25, 0.3) is 0 Å². The quantitative estimate of drug-likeness (QED) is 0.295. The van der Waals surface area contributed by atoms with Crippen molar-refractivity contribution >= 4 is 5.91 Å². The Morgan fingerprint density at radius 3 is 1.25 bits per heavy atom. The third-order valence-corrected chi connectivity index (χ3v) is 5.03. The van der Waals surface area contributed by atoms with Crippen molar-refractivity contribution in [2.24, 2.45) is 11.7 Å². The number of hydrogen-bond donors (Lipinski definition) is 2. The van der Waals surface area contributed by atoms with Crippen LogP contribution in [0.3, 0.4) is 0 Å². The number of aliphatic hydroxyl groups is 1. The molecule has 0 heterocycles. The van der Waals surface area contributed by atoms with Crippen LogP contribution in [-0.4, -0.2) is 17.6 Å². The molecule has 24 heavy (non-hydrogen) atoms. The van der Waals surface area contributed by atoms with Crippen LogP contribution in [0, 0.1) is 5.92 Å². The van der Waals surface area contributed by atoms with Crippen LogP contribution >= 0.6 is 0 Å². The molecule has 0 rings (SSSR count). The van der Waals surface area contributed by atoms with Gasteiger partial charge in [0.05, 0.1) is 0 Å². The molecule has 0 aliphatic rings. The minimum absolute atomic E-state index is 0.0468. The molecule has 1 amide bonds. The van der Waals surface area contributed by atoms with Gasteiger partial charge in [-0.05, 0) is 12.8 Å². The van der Waals surface area contributed by atoms with Crippen LogP contribution in [0.15, 0.2) is 0 Å². The minimum Gasteiger partial charge on any atom is -0.396 e. The fraction of sp³-hybridized carbons (Fsp3) is 0.952. The lowest BCUT2D eigenvalue weighted by Gasteiger charge is -2.06. The number of primary amides is 1. The molecular formula is C21H43NO2. The Balaban J connectivity index is 3.04. The second-order valence-corrected chi connectivity index (χ2v) is 7.47. The normalized spacial score (nSPS) is 12.4. The third kappa shape index (κ3) is 17.8. The van der Waals surface area contributed by atoms with Crippen LogP contribution in [0.1, 0.15) is 116 Å². The van der Waals surface area contributed by atoms with Crippen molar-refractivity contribution in [1.29, 1.82) is 0 Å². The van der Waals surface area contributed by atoms with Gasteiger partial charge in [-0.3, -0.25) is 4.79 Å². The van der Waals surface area contributed by atoms with E-state index in [-0.39, 0.29) is 11.8 Å². The van der Waals surface area contributed by atoms with Gasteiger partial charge in [-0.25, -0.2) is 0 Å². The number of unbranched alkanes of at least 4 members (excludes halogenated alkanes) is 15. The van der Waals surface area contributed by atoms with E-state index in [1.54, 1.807) is 0 Å². The number of carbonyl (C=O) groups excluding carboxylic acids is 1. The van der Waals surface area contributed by atoms with Crippen LogP contribution in [-0.2, 0) is 4.79 Å². The molecule has 0 bridgehead atoms. The first kappa shape index (κ1) is 23.4. The van der Waals surface area contributed by atoms with Crippen LogP contribution < -0.4 is 5.73 Å². The zero-order chi connectivity index (χ0) is 17.9. The molecule has 3 heteroatoms. The highest BCUT2D eigenvalue weighted by atomic mass is 16.2. The Morgan fingerprint density at radius 1 is 0.667 bits per heavy atom. The summed E-state index contributed by atoms with van der Waals surface area (Å²) in [7, 11) is 0. The summed E-state index contributed by atoms with van der Waals surface area (Å²) in [4.78, 5) is 10.9. The zero-order valence-corrected chi connectivity index (χ0v) is 16.2. The summed E-state index contributed by atoms with van der Waals surface area (Å²) in [5.41, 5.74) is 5.26. The lowest BCUT2D eigenvalue weighted by atomic mass is 10.0. The van der Waals surface area contributed by atoms with Crippen molar-refractivity contribution in [3.05, 3.63) is 0 Å². The van der Waals surface area contributed by atoms with E-state index >= 15 is 0 Å². The maximum atomic E-state index is 10.9. The van der Waals surface area contributed by atoms with Crippen LogP contribution in [0.5, 0.6) is 0 Å². The van der Waals surface area contributed by atoms with E-state index in [9.17, 15) is 4.79 Å². The third-order valence-electron chi connectivity index (χ3n) is 5.03. The maximum Gasteiger partial charge on any atom is 0.220 e. The summed E-state index contributed by atoms with van der Waals surface area (Å²) in [6.45, 7) is 2.29. The lowest BCUT2D eigenvalue weighted by Crippen LogP contribution is -2.20. The highest BCUT2D eigenvalue weighted by Crippen LogP contribution is 2.15. The molecule has 0 aliphatic heterocycles. The molecule has 0 radical (unpaired) electrons. The van der Waals surface area contributed by atoms with Gasteiger partial charge >= 0.3 is 0 Å². The van der Waals surface area contributed by atoms with Crippen LogP contribution in [0.2, 0.25) is 0 Å². The fourth-order valence-electron chi connectivity index (χ4n) is 3.18. The number of aliphatic hydroxyl groups excluding tert-OH is 1. The monoisotopic (exact) mass is 341 g/mol. The van der Waals surface area contributed by atoms with Crippen molar-refractivity contribution in [1.82, 2.24) is 0 Å². The van der Waals surface area contributed by atoms with Crippen molar-refractivity contribution in [3.63, 3.8) is 0 Å². The van der Waals surface area contributed by atoms with Crippen molar-refractivity contribution in [2.45, 2.75) is 116 Å². The summed E-state index contributed by atoms with van der Waals surface area (Å²) in [5, 5.41) is 8.70. The molecule has 0 aliphatic carbocycles. The summed E-state index contributed by atoms with van der Waals surface area (Å²) >= 11 is 0. The molecule has 0 aromatic rings. The molecule has 0 saturated heterocycles. The molecule has 0 fully saturated rings. The molecule has 0 aromatic heterocycles. The van der Waals surface area contributed by atoms with E-state index in [1.165, 1.54) is 89.9 Å². The first-order valence-electron chi connectivity index (χ1n) is 10.6. The molecule has 1 unspecified atom stereocenters. The average molecular weight is 342 g/mol. The van der Waals surface area contributed by atoms with E-state index < -0.39 is 0 Å². The minimum atomic E-state index is -0.156. The Labute approximate surface area is 150 Å². The lowest BCUT2D eigenvalue weighted by molar-refractivity contribution is -0.121. The number of carbonyl (C=O) groups is 1. The van der Waals surface area contributed by atoms with Gasteiger partial charge in [-0.15, -0.1) is 0 Å². The molecule has 0 aromatic carbocycles. The molecule has 0 saturated carbocycles. The Bertz CT molecular complexity index is 269. The predicted octanol–water partition coefficient (Wildman–Crippen LogP) is 5.73. The zero-order valence-electron chi connectivity index (χ0n) is 16.2. The van der Waals surface area contributed by atoms with Gasteiger partial charge in [0.1, 0.15) is 0 Å². The van der Waals surface area contributed by atoms with E-state index in [0.717, 1.165) is 19.3 Å². The molecule has 0 spiro atoms. The number of nitrogens with two attached hydrogens (primary N) is 1. The van der Waals surface area contributed by atoms with Crippen LogP contribution in [0.4, 0.5) is 0 Å². The standard InChI is InChI=1S/C21H43NO2/c1-20(21(22)24)18-16-14-12-10-8-6-4-2-3-5-7-9-11-13-15-17-19-23/h20,23H,2-19H2,1H3,(H2,22,24). The molecule has 3 nitrogen and oxygen atoms in total. The first-order valence-corrected chi connectivity index (χ1v) is 10.6. The second kappa shape index (κ2) is 18.8. The molecule has 144 valence electrons. The Kier molecular flexibility index (Phi) is 18.3. The van der Waals surface area contributed by atoms with Gasteiger partial charge in [0.15, 0.2) is 0 Å². The van der Waals surface area contributed by atoms with Crippen molar-refractivity contribution in [2.75, 3.05) is 6.61 Å².